The number of fused-ring (bicyclic) bond motifs is 2. The summed E-state index contributed by atoms with van der Waals surface area (Å²) >= 11 is 0. The number of carboxylic acid groups (broad SMARTS) is 2. The minimum Gasteiger partial charge on any atom is -0.508 e. The lowest BCUT2D eigenvalue weighted by Gasteiger charge is -2.31. The molecule has 1 aliphatic rings. The number of nitrogens with one attached hydrogen (secondary N) is 1. The number of ether oxygens (including phenoxy) is 1. The SMILES string of the molecule is CCNc1cc2c(cc1C)C(c1ccc(C(=O)O)cc1C(=O)O)c1cc(C)c(O)cc1O2. The zero-order chi connectivity index (χ0) is 23.2. The number of carboxylic acids is 2. The molecule has 4 rings (SSSR count). The number of aryl methyl sites for hydroxylation is 2. The Hall–Kier alpha value is -4.00. The first kappa shape index (κ1) is 21.2. The molecule has 1 atom stereocenters. The lowest BCUT2D eigenvalue weighted by Crippen LogP contribution is -2.17. The van der Waals surface area contributed by atoms with Crippen molar-refractivity contribution < 1.29 is 29.6 Å². The van der Waals surface area contributed by atoms with Gasteiger partial charge in [0.2, 0.25) is 0 Å². The first-order valence-electron chi connectivity index (χ1n) is 10.2. The van der Waals surface area contributed by atoms with E-state index in [1.165, 1.54) is 18.2 Å². The monoisotopic (exact) mass is 433 g/mol. The standard InChI is InChI=1S/C25H23NO6/c1-4-26-19-10-21-17(7-12(19)2)23(18-8-13(3)20(27)11-22(18)32-21)15-6-5-14(24(28)29)9-16(15)25(30)31/h5-11,23,26-27H,4H2,1-3H3,(H,28,29)(H,30,31). The van der Waals surface area contributed by atoms with E-state index in [4.69, 9.17) is 4.74 Å². The molecule has 1 heterocycles. The zero-order valence-corrected chi connectivity index (χ0v) is 17.9. The molecule has 4 N–H and O–H groups in total. The minimum absolute atomic E-state index is 0.0738. The van der Waals surface area contributed by atoms with Crippen molar-refractivity contribution in [2.24, 2.45) is 0 Å². The Labute approximate surface area is 184 Å². The van der Waals surface area contributed by atoms with E-state index in [1.54, 1.807) is 19.1 Å². The van der Waals surface area contributed by atoms with E-state index in [-0.39, 0.29) is 16.9 Å². The number of carbonyl (C=O) groups is 2. The van der Waals surface area contributed by atoms with Crippen molar-refractivity contribution in [1.29, 1.82) is 0 Å². The molecular formula is C25H23NO6. The smallest absolute Gasteiger partial charge is 0.336 e. The van der Waals surface area contributed by atoms with Crippen LogP contribution in [0.3, 0.4) is 0 Å². The number of hydrogen-bond acceptors (Lipinski definition) is 5. The zero-order valence-electron chi connectivity index (χ0n) is 17.9. The van der Waals surface area contributed by atoms with Gasteiger partial charge in [0, 0.05) is 41.4 Å². The minimum atomic E-state index is -1.21. The Kier molecular flexibility index (Phi) is 5.26. The van der Waals surface area contributed by atoms with Gasteiger partial charge in [-0.1, -0.05) is 6.07 Å². The van der Waals surface area contributed by atoms with E-state index in [0.717, 1.165) is 23.4 Å². The topological polar surface area (TPSA) is 116 Å². The first-order chi connectivity index (χ1) is 15.2. The van der Waals surface area contributed by atoms with Crippen molar-refractivity contribution in [3.63, 3.8) is 0 Å². The van der Waals surface area contributed by atoms with Crippen LogP contribution in [0.25, 0.3) is 0 Å². The summed E-state index contributed by atoms with van der Waals surface area (Å²) in [5.74, 6) is -1.88. The Morgan fingerprint density at radius 2 is 1.56 bits per heavy atom. The molecule has 7 heteroatoms. The molecule has 164 valence electrons. The predicted molar refractivity (Wildman–Crippen MR) is 120 cm³/mol. The van der Waals surface area contributed by atoms with Crippen LogP contribution in [0.5, 0.6) is 17.2 Å². The van der Waals surface area contributed by atoms with Crippen molar-refractivity contribution >= 4 is 17.6 Å². The summed E-state index contributed by atoms with van der Waals surface area (Å²) in [5.41, 5.74) is 4.23. The van der Waals surface area contributed by atoms with E-state index in [2.05, 4.69) is 5.32 Å². The second-order valence-corrected chi connectivity index (χ2v) is 7.86. The van der Waals surface area contributed by atoms with Gasteiger partial charge in [0.15, 0.2) is 0 Å². The molecule has 0 amide bonds. The molecule has 0 spiro atoms. The van der Waals surface area contributed by atoms with Crippen LogP contribution in [0.15, 0.2) is 42.5 Å². The molecule has 0 saturated carbocycles. The normalized spacial score (nSPS) is 14.2. The maximum Gasteiger partial charge on any atom is 0.336 e. The van der Waals surface area contributed by atoms with Gasteiger partial charge in [-0.25, -0.2) is 9.59 Å². The van der Waals surface area contributed by atoms with Gasteiger partial charge in [0.05, 0.1) is 11.1 Å². The lowest BCUT2D eigenvalue weighted by atomic mass is 9.79. The highest BCUT2D eigenvalue weighted by atomic mass is 16.5. The van der Waals surface area contributed by atoms with Crippen molar-refractivity contribution in [2.75, 3.05) is 11.9 Å². The van der Waals surface area contributed by atoms with E-state index in [9.17, 15) is 24.9 Å². The van der Waals surface area contributed by atoms with Crippen LogP contribution in [0, 0.1) is 13.8 Å². The fourth-order valence-corrected chi connectivity index (χ4v) is 4.17. The van der Waals surface area contributed by atoms with E-state index < -0.39 is 17.9 Å². The third kappa shape index (κ3) is 3.51. The largest absolute Gasteiger partial charge is 0.508 e. The number of aromatic carboxylic acids is 2. The highest BCUT2D eigenvalue weighted by molar-refractivity contribution is 5.95. The van der Waals surface area contributed by atoms with E-state index in [0.29, 0.717) is 28.2 Å². The molecular weight excluding hydrogens is 410 g/mol. The number of hydrogen-bond donors (Lipinski definition) is 4. The van der Waals surface area contributed by atoms with Crippen LogP contribution in [-0.4, -0.2) is 33.8 Å². The molecule has 32 heavy (non-hydrogen) atoms. The molecule has 0 saturated heterocycles. The summed E-state index contributed by atoms with van der Waals surface area (Å²) in [7, 11) is 0. The van der Waals surface area contributed by atoms with Gasteiger partial charge in [0.25, 0.3) is 0 Å². The summed E-state index contributed by atoms with van der Waals surface area (Å²) in [6, 6.07) is 11.3. The third-order valence-electron chi connectivity index (χ3n) is 5.74. The fourth-order valence-electron chi connectivity index (χ4n) is 4.17. The van der Waals surface area contributed by atoms with Gasteiger partial charge in [-0.2, -0.15) is 0 Å². The average Bonchev–Trinajstić information content (AvgIpc) is 2.74. The molecule has 0 aromatic heterocycles. The van der Waals surface area contributed by atoms with E-state index >= 15 is 0 Å². The van der Waals surface area contributed by atoms with Crippen molar-refractivity contribution in [1.82, 2.24) is 0 Å². The Morgan fingerprint density at radius 3 is 2.19 bits per heavy atom. The fraction of sp³-hybridized carbons (Fsp3) is 0.200. The lowest BCUT2D eigenvalue weighted by molar-refractivity contribution is 0.0695. The van der Waals surface area contributed by atoms with Crippen LogP contribution in [0.4, 0.5) is 5.69 Å². The molecule has 0 radical (unpaired) electrons. The molecule has 0 aliphatic carbocycles. The molecule has 0 fully saturated rings. The second-order valence-electron chi connectivity index (χ2n) is 7.86. The number of aromatic hydroxyl groups is 1. The van der Waals surface area contributed by atoms with Crippen LogP contribution in [0.1, 0.15) is 61.4 Å². The quantitative estimate of drug-likeness (QED) is 0.345. The van der Waals surface area contributed by atoms with Crippen molar-refractivity contribution in [2.45, 2.75) is 26.7 Å². The Morgan fingerprint density at radius 1 is 0.906 bits per heavy atom. The maximum absolute atomic E-state index is 12.1. The first-order valence-corrected chi connectivity index (χ1v) is 10.2. The van der Waals surface area contributed by atoms with Crippen LogP contribution in [0.2, 0.25) is 0 Å². The van der Waals surface area contributed by atoms with Crippen molar-refractivity contribution in [3.8, 4) is 17.2 Å². The maximum atomic E-state index is 12.1. The molecule has 0 bridgehead atoms. The summed E-state index contributed by atoms with van der Waals surface area (Å²) < 4.78 is 6.13. The summed E-state index contributed by atoms with van der Waals surface area (Å²) in [6.07, 6.45) is 0. The number of rotatable bonds is 5. The van der Waals surface area contributed by atoms with Gasteiger partial charge in [0.1, 0.15) is 17.2 Å². The molecule has 3 aromatic carbocycles. The Bertz CT molecular complexity index is 1260. The van der Waals surface area contributed by atoms with Crippen LogP contribution < -0.4 is 10.1 Å². The molecule has 1 aliphatic heterocycles. The van der Waals surface area contributed by atoms with Gasteiger partial charge in [-0.05, 0) is 61.7 Å². The second kappa shape index (κ2) is 7.92. The number of phenols is 1. The van der Waals surface area contributed by atoms with Gasteiger partial charge >= 0.3 is 11.9 Å². The van der Waals surface area contributed by atoms with Gasteiger partial charge in [-0.15, -0.1) is 0 Å². The van der Waals surface area contributed by atoms with Gasteiger partial charge in [-0.3, -0.25) is 0 Å². The third-order valence-corrected chi connectivity index (χ3v) is 5.74. The average molecular weight is 433 g/mol. The summed E-state index contributed by atoms with van der Waals surface area (Å²) in [4.78, 5) is 23.6. The molecule has 1 unspecified atom stereocenters. The predicted octanol–water partition coefficient (Wildman–Crippen LogP) is 5.12. The molecule has 7 nitrogen and oxygen atoms in total. The van der Waals surface area contributed by atoms with E-state index in [1.807, 2.05) is 26.0 Å². The highest BCUT2D eigenvalue weighted by Crippen LogP contribution is 2.50. The van der Waals surface area contributed by atoms with Crippen LogP contribution in [-0.2, 0) is 0 Å². The van der Waals surface area contributed by atoms with Crippen LogP contribution >= 0.6 is 0 Å². The summed E-state index contributed by atoms with van der Waals surface area (Å²) in [5, 5.41) is 32.8. The van der Waals surface area contributed by atoms with Gasteiger partial charge < -0.3 is 25.4 Å². The van der Waals surface area contributed by atoms with Crippen molar-refractivity contribution in [3.05, 3.63) is 81.4 Å². The summed E-state index contributed by atoms with van der Waals surface area (Å²) in [6.45, 7) is 6.42. The number of benzene rings is 3. The molecule has 3 aromatic rings. The number of phenolic OH excluding ortho intramolecular Hbond substituents is 1. The number of anilines is 1. The Balaban J connectivity index is 2.02. The highest BCUT2D eigenvalue weighted by Gasteiger charge is 2.33.